The van der Waals surface area contributed by atoms with Crippen molar-refractivity contribution in [2.24, 2.45) is 0 Å². The summed E-state index contributed by atoms with van der Waals surface area (Å²) in [6.45, 7) is 7.31. The predicted octanol–water partition coefficient (Wildman–Crippen LogP) is 4.70. The lowest BCUT2D eigenvalue weighted by atomic mass is 10.0. The second kappa shape index (κ2) is 7.21. The fourth-order valence-corrected chi connectivity index (χ4v) is 3.49. The molecule has 2 heterocycles. The van der Waals surface area contributed by atoms with Crippen molar-refractivity contribution < 1.29 is 0 Å². The molecule has 0 amide bonds. The van der Waals surface area contributed by atoms with Gasteiger partial charge in [-0.3, -0.25) is 4.98 Å². The van der Waals surface area contributed by atoms with Gasteiger partial charge in [0.05, 0.1) is 4.34 Å². The summed E-state index contributed by atoms with van der Waals surface area (Å²) < 4.78 is 0.858. The molecule has 4 heteroatoms. The van der Waals surface area contributed by atoms with Gasteiger partial charge in [-0.2, -0.15) is 0 Å². The maximum absolute atomic E-state index is 6.03. The third-order valence-electron chi connectivity index (χ3n) is 3.18. The van der Waals surface area contributed by atoms with E-state index in [0.717, 1.165) is 35.1 Å². The first-order valence-electron chi connectivity index (χ1n) is 7.01. The Bertz CT molecular complexity index is 545. The maximum atomic E-state index is 6.03. The SMILES string of the molecule is CCCNC(Cc1ccc(Cl)s1)c1cc(C)nc(C)c1. The van der Waals surface area contributed by atoms with Crippen LogP contribution in [0.1, 0.15) is 41.2 Å². The Morgan fingerprint density at radius 1 is 1.25 bits per heavy atom. The van der Waals surface area contributed by atoms with Crippen LogP contribution in [-0.4, -0.2) is 11.5 Å². The summed E-state index contributed by atoms with van der Waals surface area (Å²) in [5, 5.41) is 3.63. The van der Waals surface area contributed by atoms with Gasteiger partial charge in [0.1, 0.15) is 0 Å². The van der Waals surface area contributed by atoms with Gasteiger partial charge < -0.3 is 5.32 Å². The summed E-state index contributed by atoms with van der Waals surface area (Å²) in [6, 6.07) is 8.77. The minimum Gasteiger partial charge on any atom is -0.310 e. The van der Waals surface area contributed by atoms with E-state index in [-0.39, 0.29) is 0 Å². The van der Waals surface area contributed by atoms with Crippen molar-refractivity contribution in [1.82, 2.24) is 10.3 Å². The van der Waals surface area contributed by atoms with Gasteiger partial charge in [-0.15, -0.1) is 11.3 Å². The zero-order chi connectivity index (χ0) is 14.5. The number of rotatable bonds is 6. The zero-order valence-corrected chi connectivity index (χ0v) is 13.8. The van der Waals surface area contributed by atoms with Crippen molar-refractivity contribution in [3.63, 3.8) is 0 Å². The highest BCUT2D eigenvalue weighted by Crippen LogP contribution is 2.27. The molecule has 20 heavy (non-hydrogen) atoms. The molecule has 0 aromatic carbocycles. The number of hydrogen-bond donors (Lipinski definition) is 1. The lowest BCUT2D eigenvalue weighted by Gasteiger charge is -2.19. The average Bonchev–Trinajstić information content (AvgIpc) is 2.79. The van der Waals surface area contributed by atoms with Crippen molar-refractivity contribution >= 4 is 22.9 Å². The molecule has 1 unspecified atom stereocenters. The number of hydrogen-bond acceptors (Lipinski definition) is 3. The molecule has 0 spiro atoms. The minimum atomic E-state index is 0.324. The van der Waals surface area contributed by atoms with Crippen LogP contribution in [0.3, 0.4) is 0 Å². The first-order chi connectivity index (χ1) is 9.58. The molecule has 2 aromatic rings. The number of nitrogens with zero attached hydrogens (tertiary/aromatic N) is 1. The fourth-order valence-electron chi connectivity index (χ4n) is 2.36. The summed E-state index contributed by atoms with van der Waals surface area (Å²) in [6.07, 6.45) is 2.10. The van der Waals surface area contributed by atoms with Crippen LogP contribution >= 0.6 is 22.9 Å². The van der Waals surface area contributed by atoms with Gasteiger partial charge in [-0.1, -0.05) is 18.5 Å². The highest BCUT2D eigenvalue weighted by Gasteiger charge is 2.14. The van der Waals surface area contributed by atoms with Crippen molar-refractivity contribution in [3.8, 4) is 0 Å². The van der Waals surface area contributed by atoms with Crippen LogP contribution in [0.15, 0.2) is 24.3 Å². The smallest absolute Gasteiger partial charge is 0.0931 e. The molecule has 0 fully saturated rings. The highest BCUT2D eigenvalue weighted by molar-refractivity contribution is 7.16. The summed E-state index contributed by atoms with van der Waals surface area (Å²) in [7, 11) is 0. The summed E-state index contributed by atoms with van der Waals surface area (Å²) in [5.41, 5.74) is 3.47. The van der Waals surface area contributed by atoms with Crippen molar-refractivity contribution in [1.29, 1.82) is 0 Å². The van der Waals surface area contributed by atoms with Gasteiger partial charge in [-0.05, 0) is 56.6 Å². The van der Waals surface area contributed by atoms with E-state index in [1.165, 1.54) is 10.4 Å². The highest BCUT2D eigenvalue weighted by atomic mass is 35.5. The Balaban J connectivity index is 2.21. The maximum Gasteiger partial charge on any atom is 0.0931 e. The number of pyridine rings is 1. The standard InChI is InChI=1S/C16H21ClN2S/c1-4-7-18-15(10-14-5-6-16(17)20-14)13-8-11(2)19-12(3)9-13/h5-6,8-9,15,18H,4,7,10H2,1-3H3. The first kappa shape index (κ1) is 15.5. The quantitative estimate of drug-likeness (QED) is 0.837. The molecule has 0 radical (unpaired) electrons. The van der Waals surface area contributed by atoms with Crippen LogP contribution in [0, 0.1) is 13.8 Å². The van der Waals surface area contributed by atoms with Crippen LogP contribution in [-0.2, 0) is 6.42 Å². The molecular formula is C16H21ClN2S. The van der Waals surface area contributed by atoms with Gasteiger partial charge in [0, 0.05) is 28.7 Å². The normalized spacial score (nSPS) is 12.6. The van der Waals surface area contributed by atoms with E-state index >= 15 is 0 Å². The summed E-state index contributed by atoms with van der Waals surface area (Å²) >= 11 is 7.70. The number of nitrogens with one attached hydrogen (secondary N) is 1. The van der Waals surface area contributed by atoms with E-state index in [0.29, 0.717) is 6.04 Å². The summed E-state index contributed by atoms with van der Waals surface area (Å²) in [5.74, 6) is 0. The van der Waals surface area contributed by atoms with Gasteiger partial charge in [0.25, 0.3) is 0 Å². The second-order valence-corrected chi connectivity index (χ2v) is 6.90. The third kappa shape index (κ3) is 4.30. The lowest BCUT2D eigenvalue weighted by Crippen LogP contribution is -2.24. The number of aromatic nitrogens is 1. The Hall–Kier alpha value is -0.900. The molecule has 2 rings (SSSR count). The van der Waals surface area contributed by atoms with Crippen LogP contribution in [0.2, 0.25) is 4.34 Å². The number of thiophene rings is 1. The Morgan fingerprint density at radius 2 is 1.95 bits per heavy atom. The number of aryl methyl sites for hydroxylation is 2. The van der Waals surface area contributed by atoms with Gasteiger partial charge >= 0.3 is 0 Å². The second-order valence-electron chi connectivity index (χ2n) is 5.10. The largest absolute Gasteiger partial charge is 0.310 e. The van der Waals surface area contributed by atoms with E-state index in [2.05, 4.69) is 49.3 Å². The predicted molar refractivity (Wildman–Crippen MR) is 87.8 cm³/mol. The van der Waals surface area contributed by atoms with E-state index in [1.807, 2.05) is 6.07 Å². The molecule has 1 N–H and O–H groups in total. The molecule has 0 saturated heterocycles. The van der Waals surface area contributed by atoms with Gasteiger partial charge in [0.15, 0.2) is 0 Å². The fraction of sp³-hybridized carbons (Fsp3) is 0.438. The summed E-state index contributed by atoms with van der Waals surface area (Å²) in [4.78, 5) is 5.78. The molecule has 0 bridgehead atoms. The zero-order valence-electron chi connectivity index (χ0n) is 12.2. The average molecular weight is 309 g/mol. The Labute approximate surface area is 130 Å². The van der Waals surface area contributed by atoms with Crippen molar-refractivity contribution in [2.75, 3.05) is 6.54 Å². The molecule has 0 saturated carbocycles. The van der Waals surface area contributed by atoms with Crippen LogP contribution in [0.4, 0.5) is 0 Å². The molecule has 2 nitrogen and oxygen atoms in total. The molecule has 0 aliphatic carbocycles. The molecule has 0 aliphatic rings. The topological polar surface area (TPSA) is 24.9 Å². The number of halogens is 1. The molecular weight excluding hydrogens is 288 g/mol. The minimum absolute atomic E-state index is 0.324. The monoisotopic (exact) mass is 308 g/mol. The van der Waals surface area contributed by atoms with Crippen LogP contribution in [0.5, 0.6) is 0 Å². The Kier molecular flexibility index (Phi) is 5.58. The van der Waals surface area contributed by atoms with Crippen molar-refractivity contribution in [3.05, 3.63) is 50.4 Å². The van der Waals surface area contributed by atoms with Gasteiger partial charge in [0.2, 0.25) is 0 Å². The molecule has 108 valence electrons. The van der Waals surface area contributed by atoms with Crippen molar-refractivity contribution in [2.45, 2.75) is 39.7 Å². The lowest BCUT2D eigenvalue weighted by molar-refractivity contribution is 0.531. The molecule has 1 atom stereocenters. The first-order valence-corrected chi connectivity index (χ1v) is 8.20. The van der Waals surface area contributed by atoms with E-state index < -0.39 is 0 Å². The van der Waals surface area contributed by atoms with Gasteiger partial charge in [-0.25, -0.2) is 0 Å². The van der Waals surface area contributed by atoms with Crippen LogP contribution in [0.25, 0.3) is 0 Å². The van der Waals surface area contributed by atoms with Crippen LogP contribution < -0.4 is 5.32 Å². The molecule has 2 aromatic heterocycles. The third-order valence-corrected chi connectivity index (χ3v) is 4.43. The van der Waals surface area contributed by atoms with E-state index in [4.69, 9.17) is 11.6 Å². The Morgan fingerprint density at radius 3 is 2.50 bits per heavy atom. The van der Waals surface area contributed by atoms with E-state index in [9.17, 15) is 0 Å². The molecule has 0 aliphatic heterocycles. The van der Waals surface area contributed by atoms with E-state index in [1.54, 1.807) is 11.3 Å².